The van der Waals surface area contributed by atoms with E-state index < -0.39 is 10.0 Å². The summed E-state index contributed by atoms with van der Waals surface area (Å²) in [6.45, 7) is 10.7. The van der Waals surface area contributed by atoms with Crippen LogP contribution in [-0.4, -0.2) is 74.1 Å². The van der Waals surface area contributed by atoms with Crippen molar-refractivity contribution >= 4 is 27.4 Å². The monoisotopic (exact) mass is 544 g/mol. The van der Waals surface area contributed by atoms with E-state index in [1.54, 1.807) is 10.4 Å². The quantitative estimate of drug-likeness (QED) is 0.555. The zero-order valence-corrected chi connectivity index (χ0v) is 23.4. The van der Waals surface area contributed by atoms with Gasteiger partial charge in [-0.15, -0.1) is 0 Å². The van der Waals surface area contributed by atoms with Gasteiger partial charge in [-0.05, 0) is 57.7 Å². The molecule has 6 rings (SSSR count). The Kier molecular flexibility index (Phi) is 6.35. The highest BCUT2D eigenvalue weighted by Gasteiger charge is 2.51. The number of benzene rings is 1. The Labute approximate surface area is 225 Å². The summed E-state index contributed by atoms with van der Waals surface area (Å²) >= 11 is 6.69. The summed E-state index contributed by atoms with van der Waals surface area (Å²) < 4.78 is 34.5. The molecular weight excluding hydrogens is 508 g/mol. The number of halogens is 1. The minimum absolute atomic E-state index is 0.0900. The minimum atomic E-state index is -3.66. The summed E-state index contributed by atoms with van der Waals surface area (Å²) in [5, 5.41) is 0.413. The van der Waals surface area contributed by atoms with Gasteiger partial charge in [0.2, 0.25) is 10.0 Å². The van der Waals surface area contributed by atoms with Crippen LogP contribution in [0.1, 0.15) is 45.1 Å². The number of ether oxygens (including phenoxy) is 1. The third-order valence-electron chi connectivity index (χ3n) is 8.91. The topological polar surface area (TPSA) is 66.0 Å². The molecule has 2 unspecified atom stereocenters. The van der Waals surface area contributed by atoms with Crippen LogP contribution >= 0.6 is 11.6 Å². The Morgan fingerprint density at radius 3 is 2.49 bits per heavy atom. The normalized spacial score (nSPS) is 30.3. The number of hydrogen-bond acceptors (Lipinski definition) is 6. The van der Waals surface area contributed by atoms with Crippen LogP contribution in [0.3, 0.4) is 0 Å². The number of anilines is 1. The first-order valence-corrected chi connectivity index (χ1v) is 15.2. The van der Waals surface area contributed by atoms with E-state index >= 15 is 0 Å². The summed E-state index contributed by atoms with van der Waals surface area (Å²) in [4.78, 5) is 9.57. The van der Waals surface area contributed by atoms with Crippen molar-refractivity contribution in [1.29, 1.82) is 0 Å². The zero-order chi connectivity index (χ0) is 25.9. The molecule has 0 N–H and O–H groups in total. The van der Waals surface area contributed by atoms with E-state index in [0.29, 0.717) is 30.5 Å². The molecule has 2 aromatic rings. The molecule has 2 spiro atoms. The maximum Gasteiger partial charge on any atom is 0.244 e. The van der Waals surface area contributed by atoms with Gasteiger partial charge < -0.3 is 9.64 Å². The Morgan fingerprint density at radius 1 is 1.00 bits per heavy atom. The van der Waals surface area contributed by atoms with E-state index in [1.807, 2.05) is 0 Å². The second-order valence-electron chi connectivity index (χ2n) is 12.4. The molecule has 4 saturated heterocycles. The van der Waals surface area contributed by atoms with Crippen LogP contribution in [0.15, 0.2) is 47.5 Å². The molecule has 0 radical (unpaired) electrons. The van der Waals surface area contributed by atoms with Crippen LogP contribution in [0.4, 0.5) is 5.82 Å². The number of pyridine rings is 1. The van der Waals surface area contributed by atoms with Gasteiger partial charge >= 0.3 is 0 Å². The number of aromatic nitrogens is 1. The van der Waals surface area contributed by atoms with Crippen LogP contribution < -0.4 is 4.90 Å². The number of hydrogen-bond donors (Lipinski definition) is 0. The first-order valence-electron chi connectivity index (χ1n) is 13.4. The SMILES string of the molecule is CC1(C)CC2(CCN(S(=O)(=O)c3cnc(N4CCC5(CCN(Cc6ccccc6)C5)C4)c(Cl)c3)C2)CO1. The van der Waals surface area contributed by atoms with E-state index in [9.17, 15) is 8.42 Å². The van der Waals surface area contributed by atoms with Crippen molar-refractivity contribution in [3.05, 3.63) is 53.2 Å². The van der Waals surface area contributed by atoms with Crippen molar-refractivity contribution in [2.45, 2.75) is 56.6 Å². The third-order valence-corrected chi connectivity index (χ3v) is 11.0. The van der Waals surface area contributed by atoms with Gasteiger partial charge in [0.15, 0.2) is 0 Å². The number of likely N-dealkylation sites (tertiary alicyclic amines) is 1. The van der Waals surface area contributed by atoms with Crippen LogP contribution in [0.2, 0.25) is 5.02 Å². The average Bonchev–Trinajstić information content (AvgIpc) is 3.63. The van der Waals surface area contributed by atoms with E-state index in [1.165, 1.54) is 11.8 Å². The van der Waals surface area contributed by atoms with Gasteiger partial charge in [0, 0.05) is 56.3 Å². The van der Waals surface area contributed by atoms with Gasteiger partial charge in [0.05, 0.1) is 17.2 Å². The molecule has 2 atom stereocenters. The van der Waals surface area contributed by atoms with Crippen molar-refractivity contribution in [1.82, 2.24) is 14.2 Å². The standard InChI is InChI=1S/C28H37ClN4O3S/c1-26(2)17-28(21-36-26)10-13-33(20-28)37(34,35)23-14-24(29)25(30-15-23)32-12-9-27(19-32)8-11-31(18-27)16-22-6-4-3-5-7-22/h3-7,14-15H,8-13,16-21H2,1-2H3. The molecule has 37 heavy (non-hydrogen) atoms. The van der Waals surface area contributed by atoms with E-state index in [-0.39, 0.29) is 21.3 Å². The molecule has 1 aromatic heterocycles. The lowest BCUT2D eigenvalue weighted by Crippen LogP contribution is -2.33. The molecule has 0 saturated carbocycles. The molecule has 9 heteroatoms. The lowest BCUT2D eigenvalue weighted by molar-refractivity contribution is 0.0318. The Bertz CT molecular complexity index is 1270. The minimum Gasteiger partial charge on any atom is -0.375 e. The Hall–Kier alpha value is -1.71. The van der Waals surface area contributed by atoms with E-state index in [0.717, 1.165) is 58.4 Å². The highest BCUT2D eigenvalue weighted by molar-refractivity contribution is 7.89. The molecular formula is C28H37ClN4O3S. The van der Waals surface area contributed by atoms with Crippen LogP contribution in [0.25, 0.3) is 0 Å². The molecule has 0 aliphatic carbocycles. The molecule has 4 aliphatic heterocycles. The molecule has 5 heterocycles. The summed E-state index contributed by atoms with van der Waals surface area (Å²) in [6.07, 6.45) is 5.47. The molecule has 200 valence electrons. The summed E-state index contributed by atoms with van der Waals surface area (Å²) in [5.74, 6) is 0.697. The predicted octanol–water partition coefficient (Wildman–Crippen LogP) is 4.42. The fraction of sp³-hybridized carbons (Fsp3) is 0.607. The molecule has 1 aromatic carbocycles. The number of rotatable bonds is 5. The van der Waals surface area contributed by atoms with E-state index in [2.05, 4.69) is 59.0 Å². The first-order chi connectivity index (χ1) is 17.6. The second-order valence-corrected chi connectivity index (χ2v) is 14.8. The smallest absolute Gasteiger partial charge is 0.244 e. The number of nitrogens with zero attached hydrogens (tertiary/aromatic N) is 4. The lowest BCUT2D eigenvalue weighted by Gasteiger charge is -2.26. The number of sulfonamides is 1. The van der Waals surface area contributed by atoms with Crippen LogP contribution in [0.5, 0.6) is 0 Å². The molecule has 0 bridgehead atoms. The van der Waals surface area contributed by atoms with Crippen molar-refractivity contribution < 1.29 is 13.2 Å². The second kappa shape index (κ2) is 9.19. The van der Waals surface area contributed by atoms with Crippen LogP contribution in [0, 0.1) is 10.8 Å². The van der Waals surface area contributed by atoms with Gasteiger partial charge in [0.25, 0.3) is 0 Å². The fourth-order valence-corrected chi connectivity index (χ4v) is 8.98. The van der Waals surface area contributed by atoms with Gasteiger partial charge in [-0.1, -0.05) is 41.9 Å². The zero-order valence-electron chi connectivity index (χ0n) is 21.8. The van der Waals surface area contributed by atoms with Gasteiger partial charge in [-0.3, -0.25) is 4.90 Å². The average molecular weight is 545 g/mol. The van der Waals surface area contributed by atoms with Gasteiger partial charge in [-0.2, -0.15) is 4.31 Å². The lowest BCUT2D eigenvalue weighted by atomic mass is 9.81. The fourth-order valence-electron chi connectivity index (χ4n) is 7.10. The highest BCUT2D eigenvalue weighted by atomic mass is 35.5. The van der Waals surface area contributed by atoms with E-state index in [4.69, 9.17) is 16.3 Å². The van der Waals surface area contributed by atoms with Crippen molar-refractivity contribution in [2.75, 3.05) is 50.8 Å². The molecule has 4 fully saturated rings. The van der Waals surface area contributed by atoms with Gasteiger partial charge in [-0.25, -0.2) is 13.4 Å². The Balaban J connectivity index is 1.12. The summed E-state index contributed by atoms with van der Waals surface area (Å²) in [6, 6.07) is 12.2. The molecule has 0 amide bonds. The Morgan fingerprint density at radius 2 is 1.76 bits per heavy atom. The molecule has 4 aliphatic rings. The van der Waals surface area contributed by atoms with Crippen molar-refractivity contribution in [3.63, 3.8) is 0 Å². The van der Waals surface area contributed by atoms with Crippen molar-refractivity contribution in [3.8, 4) is 0 Å². The van der Waals surface area contributed by atoms with Gasteiger partial charge in [0.1, 0.15) is 10.7 Å². The van der Waals surface area contributed by atoms with Crippen LogP contribution in [-0.2, 0) is 21.3 Å². The first kappa shape index (κ1) is 25.6. The maximum atomic E-state index is 13.5. The maximum absolute atomic E-state index is 13.5. The summed E-state index contributed by atoms with van der Waals surface area (Å²) in [5.41, 5.74) is 1.31. The molecule has 7 nitrogen and oxygen atoms in total. The van der Waals surface area contributed by atoms with Crippen molar-refractivity contribution in [2.24, 2.45) is 10.8 Å². The predicted molar refractivity (Wildman–Crippen MR) is 145 cm³/mol. The third kappa shape index (κ3) is 4.91. The summed E-state index contributed by atoms with van der Waals surface area (Å²) in [7, 11) is -3.66. The highest BCUT2D eigenvalue weighted by Crippen LogP contribution is 2.47. The largest absolute Gasteiger partial charge is 0.375 e.